The molecule has 1 fully saturated rings. The topological polar surface area (TPSA) is 98.5 Å². The van der Waals surface area contributed by atoms with Crippen LogP contribution in [-0.2, 0) is 14.6 Å². The minimum absolute atomic E-state index is 0.00943. The van der Waals surface area contributed by atoms with Gasteiger partial charge in [-0.2, -0.15) is 0 Å². The molecule has 1 saturated carbocycles. The molecule has 6 nitrogen and oxygen atoms in total. The summed E-state index contributed by atoms with van der Waals surface area (Å²) >= 11 is 0. The molecule has 0 heterocycles. The maximum absolute atomic E-state index is 12.4. The van der Waals surface area contributed by atoms with Crippen molar-refractivity contribution >= 4 is 21.4 Å². The van der Waals surface area contributed by atoms with Gasteiger partial charge >= 0.3 is 0 Å². The number of amides is 1. The quantitative estimate of drug-likeness (QED) is 0.818. The van der Waals surface area contributed by atoms with Crippen molar-refractivity contribution in [2.45, 2.75) is 36.6 Å². The van der Waals surface area contributed by atoms with E-state index >= 15 is 0 Å². The fourth-order valence-corrected chi connectivity index (χ4v) is 3.84. The van der Waals surface area contributed by atoms with Crippen molar-refractivity contribution in [3.8, 4) is 11.5 Å². The lowest BCUT2D eigenvalue weighted by Gasteiger charge is -2.25. The summed E-state index contributed by atoms with van der Waals surface area (Å²) in [5.74, 6) is 1.11. The van der Waals surface area contributed by atoms with E-state index in [-0.39, 0.29) is 22.8 Å². The van der Waals surface area contributed by atoms with Crippen molar-refractivity contribution in [1.82, 2.24) is 0 Å². The van der Waals surface area contributed by atoms with E-state index in [1.54, 1.807) is 36.4 Å². The van der Waals surface area contributed by atoms with E-state index in [1.165, 1.54) is 12.1 Å². The van der Waals surface area contributed by atoms with Crippen molar-refractivity contribution < 1.29 is 17.9 Å². The van der Waals surface area contributed by atoms with E-state index in [9.17, 15) is 13.2 Å². The molecule has 2 unspecified atom stereocenters. The second-order valence-corrected chi connectivity index (χ2v) is 9.00. The predicted octanol–water partition coefficient (Wildman–Crippen LogP) is 3.34. The van der Waals surface area contributed by atoms with Crippen LogP contribution >= 0.6 is 0 Å². The SMILES string of the molecule is CS(=O)(=O)c1ccc(Oc2ccc(NC(=O)C3CCCC(N)C3)cc2)cc1. The summed E-state index contributed by atoms with van der Waals surface area (Å²) in [4.78, 5) is 12.6. The maximum atomic E-state index is 12.4. The molecule has 2 aromatic carbocycles. The third-order valence-corrected chi connectivity index (χ3v) is 5.82. The fraction of sp³-hybridized carbons (Fsp3) is 0.350. The summed E-state index contributed by atoms with van der Waals surface area (Å²) in [6, 6.07) is 13.4. The Labute approximate surface area is 159 Å². The van der Waals surface area contributed by atoms with Crippen LogP contribution in [0.4, 0.5) is 5.69 Å². The van der Waals surface area contributed by atoms with Gasteiger partial charge in [-0.3, -0.25) is 4.79 Å². The molecule has 144 valence electrons. The summed E-state index contributed by atoms with van der Waals surface area (Å²) in [6.45, 7) is 0. The zero-order valence-corrected chi connectivity index (χ0v) is 16.0. The normalized spacial score (nSPS) is 20.1. The van der Waals surface area contributed by atoms with Crippen molar-refractivity contribution in [3.63, 3.8) is 0 Å². The lowest BCUT2D eigenvalue weighted by Crippen LogP contribution is -2.34. The summed E-state index contributed by atoms with van der Waals surface area (Å²) in [5, 5.41) is 2.93. The number of carbonyl (C=O) groups is 1. The number of rotatable bonds is 5. The number of anilines is 1. The highest BCUT2D eigenvalue weighted by atomic mass is 32.2. The first-order valence-corrected chi connectivity index (χ1v) is 10.8. The first-order chi connectivity index (χ1) is 12.8. The Morgan fingerprint density at radius 3 is 2.19 bits per heavy atom. The minimum Gasteiger partial charge on any atom is -0.457 e. The summed E-state index contributed by atoms with van der Waals surface area (Å²) in [7, 11) is -3.23. The number of benzene rings is 2. The minimum atomic E-state index is -3.23. The van der Waals surface area contributed by atoms with Gasteiger partial charge in [0.25, 0.3) is 0 Å². The zero-order valence-electron chi connectivity index (χ0n) is 15.2. The molecule has 0 aromatic heterocycles. The van der Waals surface area contributed by atoms with Crippen LogP contribution in [0.2, 0.25) is 0 Å². The molecular formula is C20H24N2O4S. The predicted molar refractivity (Wildman–Crippen MR) is 105 cm³/mol. The first-order valence-electron chi connectivity index (χ1n) is 8.96. The smallest absolute Gasteiger partial charge is 0.227 e. The van der Waals surface area contributed by atoms with Gasteiger partial charge in [0.2, 0.25) is 5.91 Å². The molecule has 1 amide bonds. The van der Waals surface area contributed by atoms with Crippen molar-refractivity contribution in [1.29, 1.82) is 0 Å². The second-order valence-electron chi connectivity index (χ2n) is 6.98. The highest BCUT2D eigenvalue weighted by Crippen LogP contribution is 2.27. The molecule has 7 heteroatoms. The fourth-order valence-electron chi connectivity index (χ4n) is 3.21. The molecule has 2 atom stereocenters. The van der Waals surface area contributed by atoms with Crippen LogP contribution < -0.4 is 15.8 Å². The molecule has 3 rings (SSSR count). The summed E-state index contributed by atoms with van der Waals surface area (Å²) in [6.07, 6.45) is 4.75. The number of nitrogens with one attached hydrogen (secondary N) is 1. The van der Waals surface area contributed by atoms with Gasteiger partial charge in [-0.1, -0.05) is 6.42 Å². The summed E-state index contributed by atoms with van der Waals surface area (Å²) in [5.41, 5.74) is 6.66. The van der Waals surface area contributed by atoms with Crippen LogP contribution in [-0.4, -0.2) is 26.6 Å². The highest BCUT2D eigenvalue weighted by Gasteiger charge is 2.25. The van der Waals surface area contributed by atoms with Gasteiger partial charge in [-0.15, -0.1) is 0 Å². The number of ether oxygens (including phenoxy) is 1. The maximum Gasteiger partial charge on any atom is 0.227 e. The van der Waals surface area contributed by atoms with Crippen molar-refractivity contribution in [2.75, 3.05) is 11.6 Å². The molecule has 0 aliphatic heterocycles. The van der Waals surface area contributed by atoms with E-state index in [0.717, 1.165) is 31.9 Å². The van der Waals surface area contributed by atoms with Gasteiger partial charge in [0, 0.05) is 23.9 Å². The highest BCUT2D eigenvalue weighted by molar-refractivity contribution is 7.90. The van der Waals surface area contributed by atoms with E-state index in [4.69, 9.17) is 10.5 Å². The largest absolute Gasteiger partial charge is 0.457 e. The molecule has 0 bridgehead atoms. The molecule has 0 spiro atoms. The summed E-state index contributed by atoms with van der Waals surface area (Å²) < 4.78 is 28.7. The number of sulfone groups is 1. The van der Waals surface area contributed by atoms with Gasteiger partial charge in [0.15, 0.2) is 9.84 Å². The lowest BCUT2D eigenvalue weighted by molar-refractivity contribution is -0.120. The number of hydrogen-bond acceptors (Lipinski definition) is 5. The van der Waals surface area contributed by atoms with Crippen LogP contribution in [0, 0.1) is 5.92 Å². The van der Waals surface area contributed by atoms with Gasteiger partial charge in [-0.25, -0.2) is 8.42 Å². The third kappa shape index (κ3) is 5.30. The van der Waals surface area contributed by atoms with Crippen molar-refractivity contribution in [2.24, 2.45) is 11.7 Å². The molecule has 1 aliphatic carbocycles. The van der Waals surface area contributed by atoms with Crippen LogP contribution in [0.3, 0.4) is 0 Å². The Bertz CT molecular complexity index is 893. The van der Waals surface area contributed by atoms with E-state index in [1.807, 2.05) is 0 Å². The lowest BCUT2D eigenvalue weighted by atomic mass is 9.85. The molecule has 2 aromatic rings. The molecule has 0 radical (unpaired) electrons. The second kappa shape index (κ2) is 8.10. The van der Waals surface area contributed by atoms with Crippen LogP contribution in [0.25, 0.3) is 0 Å². The van der Waals surface area contributed by atoms with Gasteiger partial charge in [0.1, 0.15) is 11.5 Å². The Hall–Kier alpha value is -2.38. The Morgan fingerprint density at radius 2 is 1.63 bits per heavy atom. The average Bonchev–Trinajstić information content (AvgIpc) is 2.63. The monoisotopic (exact) mass is 388 g/mol. The van der Waals surface area contributed by atoms with E-state index in [2.05, 4.69) is 5.32 Å². The third-order valence-electron chi connectivity index (χ3n) is 4.69. The van der Waals surface area contributed by atoms with Crippen LogP contribution in [0.15, 0.2) is 53.4 Å². The van der Waals surface area contributed by atoms with Crippen LogP contribution in [0.5, 0.6) is 11.5 Å². The first kappa shape index (κ1) is 19.4. The van der Waals surface area contributed by atoms with Gasteiger partial charge in [-0.05, 0) is 67.8 Å². The van der Waals surface area contributed by atoms with Crippen molar-refractivity contribution in [3.05, 3.63) is 48.5 Å². The molecular weight excluding hydrogens is 364 g/mol. The Morgan fingerprint density at radius 1 is 1.04 bits per heavy atom. The molecule has 1 aliphatic rings. The number of carbonyl (C=O) groups excluding carboxylic acids is 1. The molecule has 3 N–H and O–H groups in total. The van der Waals surface area contributed by atoms with Crippen LogP contribution in [0.1, 0.15) is 25.7 Å². The molecule has 27 heavy (non-hydrogen) atoms. The number of nitrogens with two attached hydrogens (primary N) is 1. The number of hydrogen-bond donors (Lipinski definition) is 2. The standard InChI is InChI=1S/C20H24N2O4S/c1-27(24,25)19-11-9-18(10-12-19)26-17-7-5-16(6-8-17)22-20(23)14-3-2-4-15(21)13-14/h5-12,14-15H,2-4,13,21H2,1H3,(H,22,23). The van der Waals surface area contributed by atoms with E-state index in [0.29, 0.717) is 17.2 Å². The Balaban J connectivity index is 1.59. The average molecular weight is 388 g/mol. The molecule has 0 saturated heterocycles. The zero-order chi connectivity index (χ0) is 19.4. The van der Waals surface area contributed by atoms with Gasteiger partial charge in [0.05, 0.1) is 4.90 Å². The Kier molecular flexibility index (Phi) is 5.82. The van der Waals surface area contributed by atoms with E-state index < -0.39 is 9.84 Å². The van der Waals surface area contributed by atoms with Gasteiger partial charge < -0.3 is 15.8 Å².